The Kier molecular flexibility index (Phi) is 7.71. The topological polar surface area (TPSA) is 101 Å². The zero-order chi connectivity index (χ0) is 24.8. The molecule has 2 amide bonds. The molecule has 1 fully saturated rings. The van der Waals surface area contributed by atoms with Crippen LogP contribution in [-0.4, -0.2) is 72.1 Å². The molecular formula is C25H28FN5O4. The van der Waals surface area contributed by atoms with Crippen LogP contribution in [0.1, 0.15) is 24.7 Å². The number of likely N-dealkylation sites (N-methyl/N-ethyl adjacent to an activating group) is 1. The highest BCUT2D eigenvalue weighted by Crippen LogP contribution is 2.27. The molecule has 1 saturated heterocycles. The highest BCUT2D eigenvalue weighted by Gasteiger charge is 2.28. The number of carbonyl (C=O) groups is 2. The van der Waals surface area contributed by atoms with Crippen molar-refractivity contribution >= 4 is 17.5 Å². The second-order valence-electron chi connectivity index (χ2n) is 8.57. The Morgan fingerprint density at radius 2 is 2.09 bits per heavy atom. The van der Waals surface area contributed by atoms with Crippen LogP contribution in [0, 0.1) is 5.82 Å². The van der Waals surface area contributed by atoms with Crippen LogP contribution in [0.2, 0.25) is 0 Å². The lowest BCUT2D eigenvalue weighted by Gasteiger charge is -2.31. The molecule has 1 aliphatic heterocycles. The number of rotatable bonds is 8. The number of carbonyl (C=O) groups excluding carboxylic acids is 2. The minimum atomic E-state index is -0.363. The molecule has 35 heavy (non-hydrogen) atoms. The first-order chi connectivity index (χ1) is 16.9. The minimum absolute atomic E-state index is 0.0203. The van der Waals surface area contributed by atoms with Crippen molar-refractivity contribution in [3.63, 3.8) is 0 Å². The first-order valence-corrected chi connectivity index (χ1v) is 11.4. The third kappa shape index (κ3) is 6.42. The number of nitrogens with one attached hydrogen (secondary N) is 1. The molecule has 184 valence electrons. The molecule has 1 unspecified atom stereocenters. The number of methoxy groups -OCH3 is 1. The van der Waals surface area contributed by atoms with E-state index in [4.69, 9.17) is 9.26 Å². The third-order valence-electron chi connectivity index (χ3n) is 5.90. The standard InChI is InChI=1S/C25H28FN5O4/c1-30(15-22(32)27-20-9-4-10-21(13-20)34-2)23(33)16-31-11-5-7-18(14-31)25-28-24(29-35-25)17-6-3-8-19(26)12-17/h3-4,6,8-10,12-13,18H,5,7,11,14-16H2,1-2H3,(H,27,32). The van der Waals surface area contributed by atoms with Gasteiger partial charge in [-0.15, -0.1) is 0 Å². The summed E-state index contributed by atoms with van der Waals surface area (Å²) in [4.78, 5) is 33.0. The van der Waals surface area contributed by atoms with Crippen LogP contribution in [0.15, 0.2) is 53.1 Å². The van der Waals surface area contributed by atoms with Crippen molar-refractivity contribution in [2.45, 2.75) is 18.8 Å². The van der Waals surface area contributed by atoms with Gasteiger partial charge in [0.05, 0.1) is 26.1 Å². The molecule has 9 nitrogen and oxygen atoms in total. The Hall–Kier alpha value is -3.79. The van der Waals surface area contributed by atoms with Gasteiger partial charge in [0.2, 0.25) is 23.5 Å². The maximum Gasteiger partial charge on any atom is 0.243 e. The average Bonchev–Trinajstić information content (AvgIpc) is 3.35. The van der Waals surface area contributed by atoms with Crippen LogP contribution in [0.3, 0.4) is 0 Å². The average molecular weight is 482 g/mol. The van der Waals surface area contributed by atoms with Crippen LogP contribution in [0.25, 0.3) is 11.4 Å². The van der Waals surface area contributed by atoms with Crippen molar-refractivity contribution in [2.24, 2.45) is 0 Å². The molecule has 3 aromatic rings. The van der Waals surface area contributed by atoms with E-state index in [-0.39, 0.29) is 36.6 Å². The Labute approximate surface area is 202 Å². The summed E-state index contributed by atoms with van der Waals surface area (Å²) in [6, 6.07) is 13.1. The number of amides is 2. The van der Waals surface area contributed by atoms with Gasteiger partial charge in [0.15, 0.2) is 0 Å². The van der Waals surface area contributed by atoms with Gasteiger partial charge in [0.25, 0.3) is 0 Å². The highest BCUT2D eigenvalue weighted by molar-refractivity contribution is 5.94. The van der Waals surface area contributed by atoms with E-state index in [1.807, 2.05) is 4.90 Å². The fraction of sp³-hybridized carbons (Fsp3) is 0.360. The van der Waals surface area contributed by atoms with Crippen molar-refractivity contribution in [1.29, 1.82) is 0 Å². The first-order valence-electron chi connectivity index (χ1n) is 11.4. The van der Waals surface area contributed by atoms with Gasteiger partial charge < -0.3 is 19.5 Å². The van der Waals surface area contributed by atoms with Crippen molar-refractivity contribution in [1.82, 2.24) is 19.9 Å². The molecule has 2 heterocycles. The van der Waals surface area contributed by atoms with Crippen molar-refractivity contribution in [2.75, 3.05) is 45.7 Å². The van der Waals surface area contributed by atoms with Crippen LogP contribution in [-0.2, 0) is 9.59 Å². The number of anilines is 1. The van der Waals surface area contributed by atoms with E-state index >= 15 is 0 Å². The largest absolute Gasteiger partial charge is 0.497 e. The summed E-state index contributed by atoms with van der Waals surface area (Å²) >= 11 is 0. The van der Waals surface area contributed by atoms with Gasteiger partial charge in [0, 0.05) is 30.9 Å². The quantitative estimate of drug-likeness (QED) is 0.527. The highest BCUT2D eigenvalue weighted by atomic mass is 19.1. The maximum absolute atomic E-state index is 13.5. The third-order valence-corrected chi connectivity index (χ3v) is 5.90. The van der Waals surface area contributed by atoms with Crippen LogP contribution < -0.4 is 10.1 Å². The predicted molar refractivity (Wildman–Crippen MR) is 127 cm³/mol. The molecule has 4 rings (SSSR count). The molecule has 1 N–H and O–H groups in total. The fourth-order valence-electron chi connectivity index (χ4n) is 4.06. The van der Waals surface area contributed by atoms with Crippen LogP contribution in [0.5, 0.6) is 5.75 Å². The van der Waals surface area contributed by atoms with E-state index in [0.717, 1.165) is 19.4 Å². The molecule has 1 aliphatic rings. The molecule has 10 heteroatoms. The van der Waals surface area contributed by atoms with Gasteiger partial charge in [0.1, 0.15) is 11.6 Å². The Morgan fingerprint density at radius 1 is 1.26 bits per heavy atom. The zero-order valence-electron chi connectivity index (χ0n) is 19.7. The summed E-state index contributed by atoms with van der Waals surface area (Å²) in [7, 11) is 3.17. The van der Waals surface area contributed by atoms with Crippen molar-refractivity contribution < 1.29 is 23.2 Å². The van der Waals surface area contributed by atoms with Crippen LogP contribution >= 0.6 is 0 Å². The number of ether oxygens (including phenoxy) is 1. The molecule has 1 aromatic heterocycles. The monoisotopic (exact) mass is 481 g/mol. The summed E-state index contributed by atoms with van der Waals surface area (Å²) in [5.41, 5.74) is 1.16. The Balaban J connectivity index is 1.29. The number of hydrogen-bond donors (Lipinski definition) is 1. The second kappa shape index (κ2) is 11.1. The number of aromatic nitrogens is 2. The van der Waals surface area contributed by atoms with Crippen LogP contribution in [0.4, 0.5) is 10.1 Å². The van der Waals surface area contributed by atoms with Gasteiger partial charge in [-0.3, -0.25) is 14.5 Å². The number of hydrogen-bond acceptors (Lipinski definition) is 7. The van der Waals surface area contributed by atoms with Crippen molar-refractivity contribution in [3.05, 3.63) is 60.2 Å². The Morgan fingerprint density at radius 3 is 2.89 bits per heavy atom. The summed E-state index contributed by atoms with van der Waals surface area (Å²) in [6.07, 6.45) is 1.73. The van der Waals surface area contributed by atoms with E-state index in [0.29, 0.717) is 35.3 Å². The van der Waals surface area contributed by atoms with Gasteiger partial charge in [-0.05, 0) is 43.7 Å². The van der Waals surface area contributed by atoms with Gasteiger partial charge in [-0.25, -0.2) is 4.39 Å². The predicted octanol–water partition coefficient (Wildman–Crippen LogP) is 3.16. The smallest absolute Gasteiger partial charge is 0.243 e. The van der Waals surface area contributed by atoms with Gasteiger partial charge in [-0.2, -0.15) is 4.98 Å². The SMILES string of the molecule is COc1cccc(NC(=O)CN(C)C(=O)CN2CCCC(c3nc(-c4cccc(F)c4)no3)C2)c1. The molecular weight excluding hydrogens is 453 g/mol. The molecule has 0 aliphatic carbocycles. The maximum atomic E-state index is 13.5. The minimum Gasteiger partial charge on any atom is -0.497 e. The number of likely N-dealkylation sites (tertiary alicyclic amines) is 1. The van der Waals surface area contributed by atoms with Gasteiger partial charge in [-0.1, -0.05) is 23.4 Å². The van der Waals surface area contributed by atoms with Crippen molar-refractivity contribution in [3.8, 4) is 17.1 Å². The molecule has 2 aromatic carbocycles. The molecule has 0 spiro atoms. The summed E-state index contributed by atoms with van der Waals surface area (Å²) in [5.74, 6) is 0.627. The number of benzene rings is 2. The van der Waals surface area contributed by atoms with Gasteiger partial charge >= 0.3 is 0 Å². The lowest BCUT2D eigenvalue weighted by Crippen LogP contribution is -2.44. The first kappa shape index (κ1) is 24.3. The summed E-state index contributed by atoms with van der Waals surface area (Å²) in [5, 5.41) is 6.77. The number of nitrogens with zero attached hydrogens (tertiary/aromatic N) is 4. The van der Waals surface area contributed by atoms with E-state index in [9.17, 15) is 14.0 Å². The second-order valence-corrected chi connectivity index (χ2v) is 8.57. The van der Waals surface area contributed by atoms with E-state index < -0.39 is 0 Å². The molecule has 0 saturated carbocycles. The number of halogens is 1. The summed E-state index contributed by atoms with van der Waals surface area (Å²) in [6.45, 7) is 1.47. The van der Waals surface area contributed by atoms with E-state index in [2.05, 4.69) is 15.5 Å². The zero-order valence-corrected chi connectivity index (χ0v) is 19.7. The number of piperidine rings is 1. The fourth-order valence-corrected chi connectivity index (χ4v) is 4.06. The Bertz CT molecular complexity index is 1180. The summed E-state index contributed by atoms with van der Waals surface area (Å²) < 4.78 is 24.1. The molecule has 1 atom stereocenters. The molecule has 0 bridgehead atoms. The van der Waals surface area contributed by atoms with E-state index in [1.54, 1.807) is 50.6 Å². The van der Waals surface area contributed by atoms with E-state index in [1.165, 1.54) is 17.0 Å². The molecule has 0 radical (unpaired) electrons. The lowest BCUT2D eigenvalue weighted by atomic mass is 9.98. The lowest BCUT2D eigenvalue weighted by molar-refractivity contribution is -0.134. The normalized spacial score (nSPS) is 16.0.